The zero-order valence-electron chi connectivity index (χ0n) is 27.0. The van der Waals surface area contributed by atoms with E-state index in [1.807, 2.05) is 30.8 Å². The SMILES string of the molecule is CC1CC1.CN.C[C@H]1CCC2=CC(Nc3ccc(F)cc3)=C3CCC(F)(F)c4ccnc(c4)C(=O)[C@@]2(C3)C1.Cc1nccn1C. The number of carbonyl (C=O) groups is 1. The molecule has 7 rings (SSSR count). The smallest absolute Gasteiger partial charge is 0.273 e. The van der Waals surface area contributed by atoms with E-state index in [2.05, 4.69) is 34.9 Å². The molecule has 2 saturated carbocycles. The number of ketones is 1. The molecule has 0 saturated heterocycles. The average Bonchev–Trinajstić information content (AvgIpc) is 3.74. The van der Waals surface area contributed by atoms with Gasteiger partial charge >= 0.3 is 0 Å². The molecular formula is C36H46F3N5O. The number of nitrogens with two attached hydrogens (primary N) is 1. The number of alkyl halides is 2. The predicted octanol–water partition coefficient (Wildman–Crippen LogP) is 8.51. The fourth-order valence-corrected chi connectivity index (χ4v) is 6.04. The van der Waals surface area contributed by atoms with Crippen LogP contribution in [0.1, 0.15) is 87.1 Å². The van der Waals surface area contributed by atoms with Gasteiger partial charge in [0, 0.05) is 49.0 Å². The molecule has 3 aromatic rings. The molecule has 6 nitrogen and oxygen atoms in total. The van der Waals surface area contributed by atoms with Crippen LogP contribution in [0.25, 0.3) is 0 Å². The van der Waals surface area contributed by atoms with Crippen molar-refractivity contribution >= 4 is 11.5 Å². The largest absolute Gasteiger partial charge is 0.356 e. The number of allylic oxidation sites excluding steroid dienone is 3. The van der Waals surface area contributed by atoms with Crippen LogP contribution >= 0.6 is 0 Å². The average molecular weight is 622 g/mol. The molecule has 2 aromatic heterocycles. The highest BCUT2D eigenvalue weighted by Crippen LogP contribution is 2.54. The van der Waals surface area contributed by atoms with E-state index in [0.717, 1.165) is 41.4 Å². The third-order valence-corrected chi connectivity index (χ3v) is 9.07. The number of imidazole rings is 1. The van der Waals surface area contributed by atoms with Gasteiger partial charge in [0.2, 0.25) is 0 Å². The molecule has 0 amide bonds. The Bertz CT molecular complexity index is 1510. The Balaban J connectivity index is 0.000000295. The van der Waals surface area contributed by atoms with Gasteiger partial charge in [-0.25, -0.2) is 18.2 Å². The Hall–Kier alpha value is -3.72. The van der Waals surface area contributed by atoms with Crippen molar-refractivity contribution in [3.8, 4) is 0 Å². The molecular weight excluding hydrogens is 575 g/mol. The van der Waals surface area contributed by atoms with Crippen LogP contribution in [0.15, 0.2) is 77.9 Å². The van der Waals surface area contributed by atoms with Gasteiger partial charge in [-0.05, 0) is 106 Å². The summed E-state index contributed by atoms with van der Waals surface area (Å²) in [6.45, 7) is 6.39. The Kier molecular flexibility index (Phi) is 11.1. The number of pyridine rings is 1. The molecule has 0 aliphatic heterocycles. The molecule has 2 heterocycles. The second-order valence-electron chi connectivity index (χ2n) is 12.7. The molecule has 0 radical (unpaired) electrons. The highest BCUT2D eigenvalue weighted by molar-refractivity contribution is 6.02. The lowest BCUT2D eigenvalue weighted by atomic mass is 9.58. The van der Waals surface area contributed by atoms with Crippen molar-refractivity contribution in [3.05, 3.63) is 101 Å². The summed E-state index contributed by atoms with van der Waals surface area (Å²) < 4.78 is 45.3. The number of hydrogen-bond acceptors (Lipinski definition) is 5. The summed E-state index contributed by atoms with van der Waals surface area (Å²) in [5, 5.41) is 3.30. The quantitative estimate of drug-likeness (QED) is 0.300. The summed E-state index contributed by atoms with van der Waals surface area (Å²) in [4.78, 5) is 22.0. The van der Waals surface area contributed by atoms with Crippen LogP contribution in [0.2, 0.25) is 0 Å². The first-order chi connectivity index (χ1) is 21.5. The molecule has 45 heavy (non-hydrogen) atoms. The first-order valence-corrected chi connectivity index (χ1v) is 15.8. The van der Waals surface area contributed by atoms with E-state index in [9.17, 15) is 18.0 Å². The molecule has 9 heteroatoms. The number of anilines is 1. The summed E-state index contributed by atoms with van der Waals surface area (Å²) >= 11 is 0. The summed E-state index contributed by atoms with van der Waals surface area (Å²) in [6.07, 6.45) is 12.7. The number of aryl methyl sites for hydroxylation is 2. The number of halogens is 3. The molecule has 1 aromatic carbocycles. The third kappa shape index (κ3) is 8.31. The number of nitrogens with zero attached hydrogens (tertiary/aromatic N) is 3. The van der Waals surface area contributed by atoms with Gasteiger partial charge < -0.3 is 15.6 Å². The molecule has 242 valence electrons. The van der Waals surface area contributed by atoms with Crippen molar-refractivity contribution in [1.29, 1.82) is 0 Å². The monoisotopic (exact) mass is 621 g/mol. The van der Waals surface area contributed by atoms with Crippen molar-refractivity contribution in [2.45, 2.75) is 78.1 Å². The van der Waals surface area contributed by atoms with E-state index in [4.69, 9.17) is 0 Å². The molecule has 2 atom stereocenters. The highest BCUT2D eigenvalue weighted by atomic mass is 19.3. The van der Waals surface area contributed by atoms with Gasteiger partial charge in [0.1, 0.15) is 17.3 Å². The van der Waals surface area contributed by atoms with Crippen molar-refractivity contribution in [1.82, 2.24) is 14.5 Å². The Morgan fingerprint density at radius 1 is 0.978 bits per heavy atom. The lowest BCUT2D eigenvalue weighted by Gasteiger charge is -2.45. The maximum absolute atomic E-state index is 15.0. The number of Topliss-reactive ketones (excluding diaryl/α,β-unsaturated/α-hetero) is 1. The Labute approximate surface area is 265 Å². The van der Waals surface area contributed by atoms with E-state index in [1.54, 1.807) is 18.3 Å². The highest BCUT2D eigenvalue weighted by Gasteiger charge is 2.49. The number of fused-ring (bicyclic) bond motifs is 3. The molecule has 4 bridgehead atoms. The van der Waals surface area contributed by atoms with Crippen LogP contribution in [-0.4, -0.2) is 27.4 Å². The number of nitrogens with one attached hydrogen (secondary N) is 1. The lowest BCUT2D eigenvalue weighted by Crippen LogP contribution is -2.41. The number of aromatic nitrogens is 3. The van der Waals surface area contributed by atoms with Gasteiger partial charge in [0.05, 0.1) is 5.41 Å². The first-order valence-electron chi connectivity index (χ1n) is 15.8. The minimum absolute atomic E-state index is 0.123. The van der Waals surface area contributed by atoms with Crippen LogP contribution in [0.5, 0.6) is 0 Å². The van der Waals surface area contributed by atoms with E-state index in [1.165, 1.54) is 50.4 Å². The van der Waals surface area contributed by atoms with Gasteiger partial charge in [0.25, 0.3) is 5.92 Å². The maximum Gasteiger partial charge on any atom is 0.273 e. The Morgan fingerprint density at radius 2 is 1.67 bits per heavy atom. The zero-order valence-corrected chi connectivity index (χ0v) is 27.0. The summed E-state index contributed by atoms with van der Waals surface area (Å²) in [6, 6.07) is 8.56. The first kappa shape index (κ1) is 34.2. The molecule has 0 unspecified atom stereocenters. The van der Waals surface area contributed by atoms with Gasteiger partial charge in [-0.3, -0.25) is 9.78 Å². The van der Waals surface area contributed by atoms with Crippen molar-refractivity contribution in [2.24, 2.45) is 30.0 Å². The third-order valence-electron chi connectivity index (χ3n) is 9.07. The summed E-state index contributed by atoms with van der Waals surface area (Å²) in [5.74, 6) is -1.06. The second-order valence-corrected chi connectivity index (χ2v) is 12.7. The van der Waals surface area contributed by atoms with E-state index < -0.39 is 11.3 Å². The van der Waals surface area contributed by atoms with Crippen molar-refractivity contribution in [2.75, 3.05) is 12.4 Å². The van der Waals surface area contributed by atoms with E-state index in [0.29, 0.717) is 24.4 Å². The lowest BCUT2D eigenvalue weighted by molar-refractivity contribution is -0.0139. The van der Waals surface area contributed by atoms with Gasteiger partial charge in [-0.15, -0.1) is 0 Å². The van der Waals surface area contributed by atoms with E-state index >= 15 is 0 Å². The molecule has 4 aliphatic rings. The van der Waals surface area contributed by atoms with Crippen LogP contribution in [0.3, 0.4) is 0 Å². The minimum Gasteiger partial charge on any atom is -0.356 e. The fourth-order valence-electron chi connectivity index (χ4n) is 6.04. The molecule has 4 aliphatic carbocycles. The van der Waals surface area contributed by atoms with Crippen molar-refractivity contribution < 1.29 is 18.0 Å². The van der Waals surface area contributed by atoms with E-state index in [-0.39, 0.29) is 35.7 Å². The zero-order chi connectivity index (χ0) is 32.8. The number of benzene rings is 1. The second kappa shape index (κ2) is 14.6. The standard InChI is InChI=1S/C26H25F3N2O.C5H8N2.C4H8.CH5N/c1-16-2-3-18-12-22(31-21-6-4-20(27)5-7-21)17-8-10-26(28,29)19-9-11-30-23(13-19)24(32)25(18,14-16)15-17;1-5-6-3-4-7(5)2;1-4-2-3-4;1-2/h4-7,9,11-13,16,31H,2-3,8,10,14-15H2,1H3;3-4H,1-2H3;4H,2-3H2,1H3;2H2,1H3/t16-,25+;;;/m0.../s1. The van der Waals surface area contributed by atoms with Gasteiger partial charge in [0.15, 0.2) is 5.78 Å². The topological polar surface area (TPSA) is 85.8 Å². The van der Waals surface area contributed by atoms with Crippen LogP contribution in [0, 0.1) is 30.0 Å². The molecule has 2 fully saturated rings. The number of rotatable bonds is 2. The van der Waals surface area contributed by atoms with Crippen LogP contribution in [-0.2, 0) is 13.0 Å². The Morgan fingerprint density at radius 3 is 2.24 bits per heavy atom. The van der Waals surface area contributed by atoms with Crippen molar-refractivity contribution in [3.63, 3.8) is 0 Å². The van der Waals surface area contributed by atoms with Gasteiger partial charge in [-0.2, -0.15) is 0 Å². The number of carbonyl (C=O) groups excluding carboxylic acids is 1. The van der Waals surface area contributed by atoms with Crippen LogP contribution < -0.4 is 11.1 Å². The molecule has 3 N–H and O–H groups in total. The minimum atomic E-state index is -3.06. The normalized spacial score (nSPS) is 23.0. The maximum atomic E-state index is 15.0. The summed E-state index contributed by atoms with van der Waals surface area (Å²) in [7, 11) is 3.47. The predicted molar refractivity (Wildman–Crippen MR) is 173 cm³/mol. The van der Waals surface area contributed by atoms with Gasteiger partial charge in [-0.1, -0.05) is 32.3 Å². The van der Waals surface area contributed by atoms with Crippen LogP contribution in [0.4, 0.5) is 18.9 Å². The molecule has 1 spiro atoms. The number of hydrogen-bond donors (Lipinski definition) is 2. The summed E-state index contributed by atoms with van der Waals surface area (Å²) in [5.41, 5.74) is 7.01. The fraction of sp³-hybridized carbons (Fsp3) is 0.472.